The van der Waals surface area contributed by atoms with Gasteiger partial charge >= 0.3 is 0 Å². The third-order valence-corrected chi connectivity index (χ3v) is 2.49. The fourth-order valence-electron chi connectivity index (χ4n) is 1.23. The van der Waals surface area contributed by atoms with Crippen molar-refractivity contribution < 1.29 is 9.18 Å². The molecule has 0 bridgehead atoms. The Bertz CT molecular complexity index is 425. The van der Waals surface area contributed by atoms with Gasteiger partial charge in [0.05, 0.1) is 11.1 Å². The second kappa shape index (κ2) is 6.32. The van der Waals surface area contributed by atoms with Crippen LogP contribution in [0.25, 0.3) is 0 Å². The summed E-state index contributed by atoms with van der Waals surface area (Å²) in [6, 6.07) is 3.78. The maximum absolute atomic E-state index is 13.5. The third kappa shape index (κ3) is 3.80. The van der Waals surface area contributed by atoms with Gasteiger partial charge in [0.2, 0.25) is 5.91 Å². The van der Waals surface area contributed by atoms with Gasteiger partial charge in [-0.05, 0) is 12.3 Å². The van der Waals surface area contributed by atoms with Crippen molar-refractivity contribution >= 4 is 23.7 Å². The molecule has 0 fully saturated rings. The maximum atomic E-state index is 13.5. The number of hydrogen-bond acceptors (Lipinski definition) is 3. The summed E-state index contributed by atoms with van der Waals surface area (Å²) in [6.45, 7) is 0.0247. The van der Waals surface area contributed by atoms with Gasteiger partial charge in [-0.1, -0.05) is 23.7 Å². The van der Waals surface area contributed by atoms with Crippen LogP contribution in [0.4, 0.5) is 4.39 Å². The first-order chi connectivity index (χ1) is 8.06. The Kier molecular flexibility index (Phi) is 5.06. The Morgan fingerprint density at radius 3 is 3.00 bits per heavy atom. The summed E-state index contributed by atoms with van der Waals surface area (Å²) in [5.74, 6) is -0.969. The van der Waals surface area contributed by atoms with E-state index in [1.54, 1.807) is 6.07 Å². The molecule has 0 saturated carbocycles. The van der Waals surface area contributed by atoms with E-state index in [0.29, 0.717) is 5.56 Å². The van der Waals surface area contributed by atoms with Crippen LogP contribution in [-0.4, -0.2) is 18.2 Å². The number of hydrogen-bond donors (Lipinski definition) is 3. The quantitative estimate of drug-likeness (QED) is 0.699. The van der Waals surface area contributed by atoms with Crippen molar-refractivity contribution in [3.63, 3.8) is 0 Å². The minimum Gasteiger partial charge on any atom is -0.351 e. The van der Waals surface area contributed by atoms with Crippen LogP contribution in [0.1, 0.15) is 12.0 Å². The second-order valence-corrected chi connectivity index (χ2v) is 3.88. The SMILES string of the molecule is N=CC[C@@H](N)C(=O)NCc1cccc(Cl)c1F. The van der Waals surface area contributed by atoms with Crippen LogP contribution in [0.2, 0.25) is 5.02 Å². The van der Waals surface area contributed by atoms with Gasteiger partial charge < -0.3 is 16.5 Å². The predicted octanol–water partition coefficient (Wildman–Crippen LogP) is 1.46. The highest BCUT2D eigenvalue weighted by Gasteiger charge is 2.13. The lowest BCUT2D eigenvalue weighted by Gasteiger charge is -2.10. The number of halogens is 2. The van der Waals surface area contributed by atoms with Crippen LogP contribution in [-0.2, 0) is 11.3 Å². The molecule has 0 aliphatic carbocycles. The molecule has 1 rings (SSSR count). The van der Waals surface area contributed by atoms with E-state index in [-0.39, 0.29) is 18.0 Å². The van der Waals surface area contributed by atoms with Crippen molar-refractivity contribution in [2.75, 3.05) is 0 Å². The lowest BCUT2D eigenvalue weighted by atomic mass is 10.2. The maximum Gasteiger partial charge on any atom is 0.237 e. The summed E-state index contributed by atoms with van der Waals surface area (Å²) >= 11 is 5.60. The van der Waals surface area contributed by atoms with E-state index < -0.39 is 17.8 Å². The minimum atomic E-state index is -0.783. The van der Waals surface area contributed by atoms with Gasteiger partial charge in [-0.2, -0.15) is 0 Å². The molecule has 0 saturated heterocycles. The molecule has 4 nitrogen and oxygen atoms in total. The highest BCUT2D eigenvalue weighted by atomic mass is 35.5. The summed E-state index contributed by atoms with van der Waals surface area (Å²) < 4.78 is 13.5. The smallest absolute Gasteiger partial charge is 0.237 e. The Hall–Kier alpha value is -1.46. The number of rotatable bonds is 5. The van der Waals surface area contributed by atoms with Gasteiger partial charge in [0.1, 0.15) is 5.82 Å². The lowest BCUT2D eigenvalue weighted by Crippen LogP contribution is -2.40. The van der Waals surface area contributed by atoms with Gasteiger partial charge in [0, 0.05) is 18.5 Å². The molecule has 0 aliphatic rings. The van der Waals surface area contributed by atoms with E-state index in [9.17, 15) is 9.18 Å². The molecule has 6 heteroatoms. The average molecular weight is 258 g/mol. The molecule has 1 aromatic carbocycles. The number of carbonyl (C=O) groups is 1. The molecular weight excluding hydrogens is 245 g/mol. The molecule has 1 atom stereocenters. The summed E-state index contributed by atoms with van der Waals surface area (Å²) in [4.78, 5) is 11.4. The predicted molar refractivity (Wildman–Crippen MR) is 64.6 cm³/mol. The number of amides is 1. The van der Waals surface area contributed by atoms with E-state index in [1.165, 1.54) is 12.1 Å². The standard InChI is InChI=1S/C11H13ClFN3O/c12-8-3-1-2-7(10(8)13)6-16-11(17)9(15)4-5-14/h1-3,5,9,14H,4,6,15H2,(H,16,17)/t9-/m1/s1. The van der Waals surface area contributed by atoms with Crippen LogP contribution in [0.3, 0.4) is 0 Å². The first-order valence-corrected chi connectivity index (χ1v) is 5.39. The molecule has 0 spiro atoms. The van der Waals surface area contributed by atoms with Gasteiger partial charge in [-0.15, -0.1) is 0 Å². The second-order valence-electron chi connectivity index (χ2n) is 3.48. The summed E-state index contributed by atoms with van der Waals surface area (Å²) in [6.07, 6.45) is 1.22. The normalized spacial score (nSPS) is 11.9. The van der Waals surface area contributed by atoms with Crippen molar-refractivity contribution in [3.05, 3.63) is 34.6 Å². The fourth-order valence-corrected chi connectivity index (χ4v) is 1.43. The highest BCUT2D eigenvalue weighted by Crippen LogP contribution is 2.17. The first-order valence-electron chi connectivity index (χ1n) is 5.01. The Morgan fingerprint density at radius 1 is 1.65 bits per heavy atom. The van der Waals surface area contributed by atoms with Crippen LogP contribution in [0.5, 0.6) is 0 Å². The molecule has 92 valence electrons. The van der Waals surface area contributed by atoms with E-state index in [1.807, 2.05) is 0 Å². The zero-order valence-corrected chi connectivity index (χ0v) is 9.80. The van der Waals surface area contributed by atoms with Gasteiger partial charge in [0.15, 0.2) is 0 Å². The molecule has 17 heavy (non-hydrogen) atoms. The van der Waals surface area contributed by atoms with Crippen LogP contribution < -0.4 is 11.1 Å². The van der Waals surface area contributed by atoms with Gasteiger partial charge in [-0.3, -0.25) is 4.79 Å². The van der Waals surface area contributed by atoms with E-state index >= 15 is 0 Å². The molecule has 1 amide bonds. The minimum absolute atomic E-state index is 0.0144. The van der Waals surface area contributed by atoms with Gasteiger partial charge in [0.25, 0.3) is 0 Å². The van der Waals surface area contributed by atoms with E-state index in [4.69, 9.17) is 22.7 Å². The Balaban J connectivity index is 2.58. The molecule has 0 aromatic heterocycles. The van der Waals surface area contributed by atoms with Crippen LogP contribution in [0, 0.1) is 11.2 Å². The zero-order chi connectivity index (χ0) is 12.8. The summed E-state index contributed by atoms with van der Waals surface area (Å²) in [5.41, 5.74) is 5.78. The van der Waals surface area contributed by atoms with Gasteiger partial charge in [-0.25, -0.2) is 4.39 Å². The van der Waals surface area contributed by atoms with Crippen LogP contribution >= 0.6 is 11.6 Å². The Labute approximate surface area is 103 Å². The molecule has 4 N–H and O–H groups in total. The number of carbonyl (C=O) groups excluding carboxylic acids is 1. The largest absolute Gasteiger partial charge is 0.351 e. The number of nitrogens with two attached hydrogens (primary N) is 1. The van der Waals surface area contributed by atoms with E-state index in [0.717, 1.165) is 6.21 Å². The lowest BCUT2D eigenvalue weighted by molar-refractivity contribution is -0.122. The molecule has 0 radical (unpaired) electrons. The fraction of sp³-hybridized carbons (Fsp3) is 0.273. The van der Waals surface area contributed by atoms with E-state index in [2.05, 4.69) is 5.32 Å². The van der Waals surface area contributed by atoms with Crippen molar-refractivity contribution in [1.82, 2.24) is 5.32 Å². The average Bonchev–Trinajstić information content (AvgIpc) is 2.31. The zero-order valence-electron chi connectivity index (χ0n) is 9.04. The molecule has 0 heterocycles. The van der Waals surface area contributed by atoms with Crippen molar-refractivity contribution in [1.29, 1.82) is 5.41 Å². The first kappa shape index (κ1) is 13.6. The van der Waals surface area contributed by atoms with Crippen molar-refractivity contribution in [2.24, 2.45) is 5.73 Å². The van der Waals surface area contributed by atoms with Crippen LogP contribution in [0.15, 0.2) is 18.2 Å². The molecular formula is C11H13ClFN3O. The molecule has 0 unspecified atom stereocenters. The number of nitrogens with one attached hydrogen (secondary N) is 2. The summed E-state index contributed by atoms with van der Waals surface area (Å²) in [7, 11) is 0. The summed E-state index contributed by atoms with van der Waals surface area (Å²) in [5, 5.41) is 9.32. The topological polar surface area (TPSA) is 79.0 Å². The Morgan fingerprint density at radius 2 is 2.35 bits per heavy atom. The molecule has 0 aliphatic heterocycles. The van der Waals surface area contributed by atoms with Crippen molar-refractivity contribution in [2.45, 2.75) is 19.0 Å². The molecule has 1 aromatic rings. The monoisotopic (exact) mass is 257 g/mol. The number of benzene rings is 1. The van der Waals surface area contributed by atoms with Crippen molar-refractivity contribution in [3.8, 4) is 0 Å². The third-order valence-electron chi connectivity index (χ3n) is 2.19. The highest BCUT2D eigenvalue weighted by molar-refractivity contribution is 6.30.